The lowest BCUT2D eigenvalue weighted by Gasteiger charge is -2.34. The van der Waals surface area contributed by atoms with E-state index in [1.54, 1.807) is 11.3 Å². The maximum Gasteiger partial charge on any atom is 0.00783 e. The van der Waals surface area contributed by atoms with Crippen LogP contribution in [0.5, 0.6) is 0 Å². The first-order valence-electron chi connectivity index (χ1n) is 8.08. The first-order chi connectivity index (χ1) is 10.3. The van der Waals surface area contributed by atoms with Crippen LogP contribution in [0.15, 0.2) is 47.2 Å². The lowest BCUT2D eigenvalue weighted by Crippen LogP contribution is -2.38. The van der Waals surface area contributed by atoms with Crippen molar-refractivity contribution in [3.63, 3.8) is 0 Å². The van der Waals surface area contributed by atoms with Crippen LogP contribution in [0, 0.1) is 0 Å². The number of rotatable bonds is 9. The predicted octanol–water partition coefficient (Wildman–Crippen LogP) is 5.03. The van der Waals surface area contributed by atoms with Crippen LogP contribution in [0.4, 0.5) is 0 Å². The van der Waals surface area contributed by atoms with E-state index < -0.39 is 0 Å². The molecule has 1 aromatic carbocycles. The first kappa shape index (κ1) is 16.3. The van der Waals surface area contributed by atoms with Crippen LogP contribution < -0.4 is 5.32 Å². The third kappa shape index (κ3) is 4.42. The van der Waals surface area contributed by atoms with Crippen molar-refractivity contribution >= 4 is 11.3 Å². The summed E-state index contributed by atoms with van der Waals surface area (Å²) in [5, 5.41) is 8.12. The van der Waals surface area contributed by atoms with E-state index in [9.17, 15) is 0 Å². The molecule has 114 valence electrons. The monoisotopic (exact) mass is 301 g/mol. The number of aryl methyl sites for hydroxylation is 1. The predicted molar refractivity (Wildman–Crippen MR) is 94.2 cm³/mol. The van der Waals surface area contributed by atoms with Crippen LogP contribution in [-0.2, 0) is 11.8 Å². The molecule has 1 N–H and O–H groups in total. The largest absolute Gasteiger partial charge is 0.316 e. The molecule has 0 aliphatic heterocycles. The molecule has 0 amide bonds. The lowest BCUT2D eigenvalue weighted by atomic mass is 9.74. The summed E-state index contributed by atoms with van der Waals surface area (Å²) in [7, 11) is 0. The van der Waals surface area contributed by atoms with E-state index in [1.807, 2.05) is 0 Å². The Hall–Kier alpha value is -1.12. The minimum Gasteiger partial charge on any atom is -0.316 e. The van der Waals surface area contributed by atoms with Gasteiger partial charge in [0.2, 0.25) is 0 Å². The van der Waals surface area contributed by atoms with E-state index in [2.05, 4.69) is 66.3 Å². The van der Waals surface area contributed by atoms with Crippen molar-refractivity contribution in [2.75, 3.05) is 13.1 Å². The van der Waals surface area contributed by atoms with E-state index in [-0.39, 0.29) is 5.41 Å². The summed E-state index contributed by atoms with van der Waals surface area (Å²) in [6.07, 6.45) is 4.75. The van der Waals surface area contributed by atoms with Gasteiger partial charge in [0.25, 0.3) is 0 Å². The molecular formula is C19H27NS. The summed E-state index contributed by atoms with van der Waals surface area (Å²) in [6, 6.07) is 13.3. The first-order valence-corrected chi connectivity index (χ1v) is 9.02. The minimum absolute atomic E-state index is 0.248. The second kappa shape index (κ2) is 8.35. The van der Waals surface area contributed by atoms with Crippen molar-refractivity contribution in [2.45, 2.75) is 44.9 Å². The number of benzene rings is 1. The normalized spacial score (nSPS) is 14.0. The van der Waals surface area contributed by atoms with E-state index >= 15 is 0 Å². The fourth-order valence-corrected chi connectivity index (χ4v) is 3.66. The lowest BCUT2D eigenvalue weighted by molar-refractivity contribution is 0.355. The summed E-state index contributed by atoms with van der Waals surface area (Å²) in [6.45, 7) is 6.74. The third-order valence-corrected chi connectivity index (χ3v) is 5.16. The van der Waals surface area contributed by atoms with Gasteiger partial charge in [0.1, 0.15) is 0 Å². The summed E-state index contributed by atoms with van der Waals surface area (Å²) >= 11 is 1.80. The van der Waals surface area contributed by atoms with Crippen molar-refractivity contribution in [2.24, 2.45) is 0 Å². The molecule has 2 heteroatoms. The minimum atomic E-state index is 0.248. The highest BCUT2D eigenvalue weighted by Crippen LogP contribution is 2.33. The Kier molecular flexibility index (Phi) is 6.47. The Labute approximate surface area is 133 Å². The second-order valence-electron chi connectivity index (χ2n) is 5.81. The Morgan fingerprint density at radius 1 is 1.10 bits per heavy atom. The number of hydrogen-bond acceptors (Lipinski definition) is 2. The molecule has 0 aliphatic rings. The van der Waals surface area contributed by atoms with Crippen molar-refractivity contribution in [1.29, 1.82) is 0 Å². The van der Waals surface area contributed by atoms with Crippen molar-refractivity contribution in [1.82, 2.24) is 5.32 Å². The molecule has 1 nitrogen and oxygen atoms in total. The zero-order valence-electron chi connectivity index (χ0n) is 13.3. The van der Waals surface area contributed by atoms with Gasteiger partial charge in [-0.25, -0.2) is 0 Å². The summed E-state index contributed by atoms with van der Waals surface area (Å²) in [5.41, 5.74) is 3.20. The van der Waals surface area contributed by atoms with Crippen molar-refractivity contribution < 1.29 is 0 Å². The summed E-state index contributed by atoms with van der Waals surface area (Å²) in [4.78, 5) is 0. The van der Waals surface area contributed by atoms with Crippen LogP contribution in [-0.4, -0.2) is 13.1 Å². The quantitative estimate of drug-likeness (QED) is 0.641. The molecule has 21 heavy (non-hydrogen) atoms. The molecule has 1 aromatic heterocycles. The number of hydrogen-bond donors (Lipinski definition) is 1. The van der Waals surface area contributed by atoms with Gasteiger partial charge in [-0.1, -0.05) is 44.2 Å². The van der Waals surface area contributed by atoms with Gasteiger partial charge in [-0.2, -0.15) is 11.3 Å². The standard InChI is InChI=1S/C19H27NS/c1-3-13-20-16-19(4-2,18-8-6-5-7-9-18)12-10-17-11-14-21-15-17/h5-9,11,14-15,20H,3-4,10,12-13,16H2,1-2H3. The van der Waals surface area contributed by atoms with E-state index in [1.165, 1.54) is 36.8 Å². The summed E-state index contributed by atoms with van der Waals surface area (Å²) in [5.74, 6) is 0. The van der Waals surface area contributed by atoms with Gasteiger partial charge in [0.05, 0.1) is 0 Å². The fraction of sp³-hybridized carbons (Fsp3) is 0.474. The Morgan fingerprint density at radius 2 is 1.90 bits per heavy atom. The number of thiophene rings is 1. The maximum absolute atomic E-state index is 3.66. The summed E-state index contributed by atoms with van der Waals surface area (Å²) < 4.78 is 0. The van der Waals surface area contributed by atoms with E-state index in [0.717, 1.165) is 13.1 Å². The Bertz CT molecular complexity index is 492. The molecule has 0 aliphatic carbocycles. The van der Waals surface area contributed by atoms with E-state index in [0.29, 0.717) is 0 Å². The van der Waals surface area contributed by atoms with Gasteiger partial charge in [-0.3, -0.25) is 0 Å². The Morgan fingerprint density at radius 3 is 2.52 bits per heavy atom. The molecular weight excluding hydrogens is 274 g/mol. The van der Waals surface area contributed by atoms with Crippen LogP contribution >= 0.6 is 11.3 Å². The molecule has 2 rings (SSSR count). The number of nitrogens with one attached hydrogen (secondary N) is 1. The fourth-order valence-electron chi connectivity index (χ4n) is 2.96. The van der Waals surface area contributed by atoms with Crippen molar-refractivity contribution in [3.8, 4) is 0 Å². The van der Waals surface area contributed by atoms with Gasteiger partial charge in [-0.15, -0.1) is 0 Å². The molecule has 0 saturated heterocycles. The highest BCUT2D eigenvalue weighted by atomic mass is 32.1. The maximum atomic E-state index is 3.66. The van der Waals surface area contributed by atoms with Crippen LogP contribution in [0.2, 0.25) is 0 Å². The molecule has 0 bridgehead atoms. The van der Waals surface area contributed by atoms with Gasteiger partial charge in [0, 0.05) is 12.0 Å². The van der Waals surface area contributed by atoms with Crippen LogP contribution in [0.3, 0.4) is 0 Å². The average molecular weight is 301 g/mol. The zero-order valence-corrected chi connectivity index (χ0v) is 14.1. The highest BCUT2D eigenvalue weighted by Gasteiger charge is 2.29. The Balaban J connectivity index is 2.14. The third-order valence-electron chi connectivity index (χ3n) is 4.43. The topological polar surface area (TPSA) is 12.0 Å². The van der Waals surface area contributed by atoms with Gasteiger partial charge in [-0.05, 0) is 60.2 Å². The molecule has 0 radical (unpaired) electrons. The highest BCUT2D eigenvalue weighted by molar-refractivity contribution is 7.07. The molecule has 0 saturated carbocycles. The molecule has 1 unspecified atom stereocenters. The van der Waals surface area contributed by atoms with Gasteiger partial charge >= 0.3 is 0 Å². The van der Waals surface area contributed by atoms with Gasteiger partial charge in [0.15, 0.2) is 0 Å². The molecule has 1 heterocycles. The van der Waals surface area contributed by atoms with Crippen LogP contribution in [0.1, 0.15) is 44.2 Å². The van der Waals surface area contributed by atoms with E-state index in [4.69, 9.17) is 0 Å². The zero-order chi connectivity index (χ0) is 15.0. The molecule has 2 aromatic rings. The molecule has 1 atom stereocenters. The molecule has 0 fully saturated rings. The average Bonchev–Trinajstić information content (AvgIpc) is 3.05. The molecule has 0 spiro atoms. The smallest absolute Gasteiger partial charge is 0.00783 e. The second-order valence-corrected chi connectivity index (χ2v) is 6.59. The van der Waals surface area contributed by atoms with Crippen LogP contribution in [0.25, 0.3) is 0 Å². The SMILES string of the molecule is CCCNCC(CC)(CCc1ccsc1)c1ccccc1. The van der Waals surface area contributed by atoms with Crippen molar-refractivity contribution in [3.05, 3.63) is 58.3 Å². The van der Waals surface area contributed by atoms with Gasteiger partial charge < -0.3 is 5.32 Å².